The van der Waals surface area contributed by atoms with Crippen LogP contribution in [-0.2, 0) is 21.1 Å². The maximum atomic E-state index is 2.31. The van der Waals surface area contributed by atoms with E-state index >= 15 is 0 Å². The van der Waals surface area contributed by atoms with Gasteiger partial charge in [-0.2, -0.15) is 0 Å². The van der Waals surface area contributed by atoms with Gasteiger partial charge in [-0.1, -0.05) is 19.6 Å². The third-order valence-corrected chi connectivity index (χ3v) is 0. The number of rotatable bonds is 0. The molecule has 0 aromatic rings. The zero-order valence-electron chi connectivity index (χ0n) is 3.89. The molecule has 0 aliphatic heterocycles. The van der Waals surface area contributed by atoms with Gasteiger partial charge in [-0.15, -0.1) is 0 Å². The molecule has 0 fully saturated rings. The Balaban J connectivity index is 0. The first-order chi connectivity index (χ1) is 1.73. The van der Waals surface area contributed by atoms with Gasteiger partial charge in [0.25, 0.3) is 0 Å². The van der Waals surface area contributed by atoms with Gasteiger partial charge < -0.3 is 0 Å². The van der Waals surface area contributed by atoms with Gasteiger partial charge in [-0.3, -0.25) is 0 Å². The first-order valence-corrected chi connectivity index (χ1v) is 5.20. The minimum Gasteiger partial charge on any atom is -0.0724 e. The van der Waals surface area contributed by atoms with E-state index in [1.165, 1.54) is 0 Å². The largest absolute Gasteiger partial charge is 0.0724 e. The van der Waals surface area contributed by atoms with Crippen LogP contribution in [0, 0.1) is 0 Å². The smallest absolute Gasteiger partial charge is 0.0274 e. The van der Waals surface area contributed by atoms with Crippen LogP contribution in [-0.4, -0.2) is 8.80 Å². The van der Waals surface area contributed by atoms with Crippen LogP contribution in [0.2, 0.25) is 19.6 Å². The van der Waals surface area contributed by atoms with E-state index in [0.29, 0.717) is 0 Å². The molecule has 0 aliphatic rings. The predicted octanol–water partition coefficient (Wildman–Crippen LogP) is 1.10. The summed E-state index contributed by atoms with van der Waals surface area (Å²) < 4.78 is 0. The first kappa shape index (κ1) is 9.32. The summed E-state index contributed by atoms with van der Waals surface area (Å²) in [7, 11) is -0.139. The van der Waals surface area contributed by atoms with Crippen molar-refractivity contribution in [2.75, 3.05) is 0 Å². The molecule has 0 atom stereocenters. The number of hydrogen-bond donors (Lipinski definition) is 0. The predicted molar refractivity (Wildman–Crippen MR) is 24.7 cm³/mol. The molecule has 0 aromatic heterocycles. The topological polar surface area (TPSA) is 0 Å². The van der Waals surface area contributed by atoms with Crippen LogP contribution in [0.1, 0.15) is 0 Å². The van der Waals surface area contributed by atoms with Crippen LogP contribution in [0.3, 0.4) is 0 Å². The summed E-state index contributed by atoms with van der Waals surface area (Å²) in [6.07, 6.45) is 0. The zero-order chi connectivity index (χ0) is 3.58. The van der Waals surface area contributed by atoms with Gasteiger partial charge in [0.05, 0.1) is 0 Å². The van der Waals surface area contributed by atoms with Crippen molar-refractivity contribution >= 4 is 8.80 Å². The van der Waals surface area contributed by atoms with Gasteiger partial charge in [-0.25, -0.2) is 0 Å². The molecule has 0 unspecified atom stereocenters. The quantitative estimate of drug-likeness (QED) is 0.578. The van der Waals surface area contributed by atoms with Crippen molar-refractivity contribution in [1.82, 2.24) is 0 Å². The Morgan fingerprint density at radius 2 is 1.00 bits per heavy atom. The third-order valence-electron chi connectivity index (χ3n) is 0. The monoisotopic (exact) mass is 269 g/mol. The zero-order valence-corrected chi connectivity index (χ0v) is 7.32. The Hall–Kier alpha value is 0.905. The second-order valence-corrected chi connectivity index (χ2v) is 5.20. The first-order valence-electron chi connectivity index (χ1n) is 1.73. The fourth-order valence-electron chi connectivity index (χ4n) is 0. The van der Waals surface area contributed by atoms with Crippen LogP contribution < -0.4 is 0 Å². The Kier molecular flexibility index (Phi) is 9.14. The maximum absolute atomic E-state index is 2.31. The Bertz CT molecular complexity index is 11.6. The Labute approximate surface area is 49.8 Å². The molecule has 0 radical (unpaired) electrons. The fourth-order valence-corrected chi connectivity index (χ4v) is 0. The summed E-state index contributed by atoms with van der Waals surface area (Å²) in [5.74, 6) is 0. The van der Waals surface area contributed by atoms with Crippen molar-refractivity contribution in [2.24, 2.45) is 0 Å². The summed E-state index contributed by atoms with van der Waals surface area (Å²) in [6.45, 7) is 6.92. The molecule has 2 heteroatoms. The molecule has 0 saturated carbocycles. The summed E-state index contributed by atoms with van der Waals surface area (Å²) in [6, 6.07) is 0. The van der Waals surface area contributed by atoms with Gasteiger partial charge in [0.2, 0.25) is 0 Å². The molecule has 5 heavy (non-hydrogen) atoms. The van der Waals surface area contributed by atoms with E-state index in [2.05, 4.69) is 19.6 Å². The molecule has 36 valence electrons. The van der Waals surface area contributed by atoms with Crippen LogP contribution in [0.5, 0.6) is 0 Å². The average molecular weight is 269 g/mol. The van der Waals surface area contributed by atoms with Crippen LogP contribution >= 0.6 is 0 Å². The second kappa shape index (κ2) is 4.91. The Morgan fingerprint density at radius 1 is 1.00 bits per heavy atom. The molecule has 0 spiro atoms. The average Bonchev–Trinajstić information content (AvgIpc) is 0.811. The minimum absolute atomic E-state index is 0. The summed E-state index contributed by atoms with van der Waals surface area (Å²) in [5, 5.41) is 0. The van der Waals surface area contributed by atoms with E-state index in [4.69, 9.17) is 0 Å². The molecule has 0 aromatic carbocycles. The van der Waals surface area contributed by atoms with Crippen LogP contribution in [0.25, 0.3) is 0 Å². The molecule has 0 nitrogen and oxygen atoms in total. The van der Waals surface area contributed by atoms with Crippen molar-refractivity contribution < 1.29 is 21.1 Å². The Morgan fingerprint density at radius 3 is 1.00 bits per heavy atom. The van der Waals surface area contributed by atoms with Crippen molar-refractivity contribution in [3.63, 3.8) is 0 Å². The van der Waals surface area contributed by atoms with E-state index in [1.54, 1.807) is 0 Å². The molecule has 0 bridgehead atoms. The summed E-state index contributed by atoms with van der Waals surface area (Å²) in [4.78, 5) is 0. The fraction of sp³-hybridized carbons (Fsp3) is 1.00. The molecule has 0 saturated heterocycles. The molecule has 0 aliphatic carbocycles. The van der Waals surface area contributed by atoms with Crippen molar-refractivity contribution in [1.29, 1.82) is 0 Å². The van der Waals surface area contributed by atoms with E-state index in [0.717, 1.165) is 0 Å². The van der Waals surface area contributed by atoms with Crippen molar-refractivity contribution in [3.05, 3.63) is 0 Å². The number of hydrogen-bond acceptors (Lipinski definition) is 0. The van der Waals surface area contributed by atoms with Gasteiger partial charge >= 0.3 is 0 Å². The minimum atomic E-state index is -0.139. The van der Waals surface area contributed by atoms with Gasteiger partial charge in [0.1, 0.15) is 0 Å². The normalized spacial score (nSPS) is 7.20. The summed E-state index contributed by atoms with van der Waals surface area (Å²) >= 11 is 0. The van der Waals surface area contributed by atoms with Crippen LogP contribution in [0.4, 0.5) is 0 Å². The van der Waals surface area contributed by atoms with Gasteiger partial charge in [0.15, 0.2) is 0 Å². The maximum Gasteiger partial charge on any atom is 0.0274 e. The van der Waals surface area contributed by atoms with E-state index in [-0.39, 0.29) is 29.9 Å². The summed E-state index contributed by atoms with van der Waals surface area (Å²) in [5.41, 5.74) is 0. The molecule has 0 amide bonds. The van der Waals surface area contributed by atoms with Crippen LogP contribution in [0.15, 0.2) is 0 Å². The molecular formula is C3H10PtSi. The standard InChI is InChI=1S/C3H10Si.Pt/c1-4(2)3;/h4H,1-3H3;. The molecule has 0 rings (SSSR count). The van der Waals surface area contributed by atoms with Gasteiger partial charge in [-0.05, 0) is 0 Å². The van der Waals surface area contributed by atoms with E-state index in [1.807, 2.05) is 0 Å². The second-order valence-electron chi connectivity index (χ2n) is 1.73. The van der Waals surface area contributed by atoms with E-state index < -0.39 is 0 Å². The third kappa shape index (κ3) is 50.5. The molecule has 0 N–H and O–H groups in total. The molecule has 0 heterocycles. The van der Waals surface area contributed by atoms with Gasteiger partial charge in [0, 0.05) is 29.9 Å². The SMILES string of the molecule is C[SiH](C)C.[Pt]. The van der Waals surface area contributed by atoms with E-state index in [9.17, 15) is 0 Å². The van der Waals surface area contributed by atoms with Crippen molar-refractivity contribution in [3.8, 4) is 0 Å². The molecular weight excluding hydrogens is 259 g/mol. The van der Waals surface area contributed by atoms with Crippen molar-refractivity contribution in [2.45, 2.75) is 19.6 Å².